The number of nitrogens with two attached hydrogens (primary N) is 1. The Bertz CT molecular complexity index is 936. The highest BCUT2D eigenvalue weighted by Gasteiger charge is 2.13. The van der Waals surface area contributed by atoms with E-state index in [9.17, 15) is 0 Å². The van der Waals surface area contributed by atoms with E-state index in [-0.39, 0.29) is 6.10 Å². The lowest BCUT2D eigenvalue weighted by atomic mass is 9.92. The van der Waals surface area contributed by atoms with Gasteiger partial charge in [-0.25, -0.2) is 4.98 Å². The lowest BCUT2D eigenvalue weighted by Crippen LogP contribution is -2.07. The maximum atomic E-state index is 6.19. The van der Waals surface area contributed by atoms with Crippen molar-refractivity contribution in [1.29, 1.82) is 0 Å². The molecule has 5 heteroatoms. The largest absolute Gasteiger partial charge is 0.489 e. The maximum Gasteiger partial charge on any atom is 0.142 e. The number of thiazole rings is 1. The summed E-state index contributed by atoms with van der Waals surface area (Å²) in [7, 11) is 2.24. The van der Waals surface area contributed by atoms with Crippen LogP contribution in [0.15, 0.2) is 42.6 Å². The minimum absolute atomic E-state index is 0.104. The molecule has 3 rings (SSSR count). The predicted octanol–water partition coefficient (Wildman–Crippen LogP) is 5.39. The Labute approximate surface area is 173 Å². The second-order valence-electron chi connectivity index (χ2n) is 7.35. The van der Waals surface area contributed by atoms with E-state index in [1.807, 2.05) is 38.2 Å². The predicted molar refractivity (Wildman–Crippen MR) is 124 cm³/mol. The van der Waals surface area contributed by atoms with Crippen molar-refractivity contribution in [3.05, 3.63) is 53.7 Å². The van der Waals surface area contributed by atoms with Crippen LogP contribution in [0.4, 0.5) is 5.69 Å². The third kappa shape index (κ3) is 4.58. The Morgan fingerprint density at radius 3 is 2.71 bits per heavy atom. The van der Waals surface area contributed by atoms with E-state index in [4.69, 9.17) is 10.5 Å². The lowest BCUT2D eigenvalue weighted by Gasteiger charge is -2.12. The molecule has 1 heterocycles. The minimum atomic E-state index is 0.104. The van der Waals surface area contributed by atoms with E-state index in [0.29, 0.717) is 5.69 Å². The third-order valence-electron chi connectivity index (χ3n) is 4.82. The first-order chi connectivity index (χ1) is 13.5. The monoisotopic (exact) mass is 392 g/mol. The van der Waals surface area contributed by atoms with E-state index >= 15 is 0 Å². The van der Waals surface area contributed by atoms with Gasteiger partial charge in [0.1, 0.15) is 18.6 Å². The summed E-state index contributed by atoms with van der Waals surface area (Å²) in [6, 6.07) is 12.6. The van der Waals surface area contributed by atoms with E-state index in [1.165, 1.54) is 34.3 Å². The molecular formula is C23H29BN2OS. The minimum Gasteiger partial charge on any atom is -0.489 e. The van der Waals surface area contributed by atoms with Gasteiger partial charge in [-0.05, 0) is 61.6 Å². The molecule has 0 bridgehead atoms. The van der Waals surface area contributed by atoms with Crippen LogP contribution >= 0.6 is 11.3 Å². The molecule has 0 radical (unpaired) electrons. The number of aryl methyl sites for hydroxylation is 1. The van der Waals surface area contributed by atoms with Gasteiger partial charge in [0.2, 0.25) is 0 Å². The molecule has 0 amide bonds. The van der Waals surface area contributed by atoms with Crippen molar-refractivity contribution in [3.63, 3.8) is 0 Å². The third-order valence-corrected chi connectivity index (χ3v) is 5.90. The van der Waals surface area contributed by atoms with Crippen LogP contribution in [-0.2, 0) is 12.8 Å². The number of benzene rings is 2. The highest BCUT2D eigenvalue weighted by molar-refractivity contribution is 7.18. The molecule has 0 atom stereocenters. The van der Waals surface area contributed by atoms with Gasteiger partial charge in [-0.1, -0.05) is 37.9 Å². The summed E-state index contributed by atoms with van der Waals surface area (Å²) in [6.07, 6.45) is 6.73. The topological polar surface area (TPSA) is 48.1 Å². The van der Waals surface area contributed by atoms with Crippen LogP contribution in [0.2, 0.25) is 6.32 Å². The standard InChI is InChI=1S/C23H29BN2OS/c1-4-18-16(8-6-12-24)7-5-9-19(18)22-14-26-23(28-22)17-10-11-21(20(25)13-17)27-15(2)3/h5,7,9-11,13-15H,4,6,8,12,24-25H2,1-3H3. The fraction of sp³-hybridized carbons (Fsp3) is 0.348. The van der Waals surface area contributed by atoms with Gasteiger partial charge in [0.05, 0.1) is 16.7 Å². The number of nitrogens with zero attached hydrogens (tertiary/aromatic N) is 1. The molecule has 1 aromatic heterocycles. The SMILES string of the molecule is BCCCc1cccc(-c2cnc(-c3ccc(OC(C)C)c(N)c3)s2)c1CC. The zero-order chi connectivity index (χ0) is 20.1. The molecule has 28 heavy (non-hydrogen) atoms. The number of hydrogen-bond acceptors (Lipinski definition) is 4. The van der Waals surface area contributed by atoms with Gasteiger partial charge in [-0.3, -0.25) is 0 Å². The molecule has 146 valence electrons. The number of aromatic nitrogens is 1. The van der Waals surface area contributed by atoms with E-state index in [1.54, 1.807) is 11.3 Å². The number of hydrogen-bond donors (Lipinski definition) is 1. The van der Waals surface area contributed by atoms with Crippen molar-refractivity contribution in [1.82, 2.24) is 4.98 Å². The van der Waals surface area contributed by atoms with E-state index in [0.717, 1.165) is 29.2 Å². The summed E-state index contributed by atoms with van der Waals surface area (Å²) in [5.41, 5.74) is 12.1. The molecule has 0 saturated carbocycles. The number of ether oxygens (including phenoxy) is 1. The van der Waals surface area contributed by atoms with Crippen molar-refractivity contribution in [2.75, 3.05) is 5.73 Å². The molecule has 3 aromatic rings. The van der Waals surface area contributed by atoms with Crippen LogP contribution in [-0.4, -0.2) is 18.9 Å². The zero-order valence-corrected chi connectivity index (χ0v) is 18.1. The second kappa shape index (κ2) is 9.29. The zero-order valence-electron chi connectivity index (χ0n) is 17.3. The molecule has 0 aliphatic heterocycles. The average molecular weight is 392 g/mol. The van der Waals surface area contributed by atoms with Crippen LogP contribution in [0.5, 0.6) is 5.75 Å². The van der Waals surface area contributed by atoms with Crippen LogP contribution < -0.4 is 10.5 Å². The molecule has 0 aliphatic carbocycles. The Morgan fingerprint density at radius 1 is 1.21 bits per heavy atom. The van der Waals surface area contributed by atoms with Crippen LogP contribution in [0.3, 0.4) is 0 Å². The van der Waals surface area contributed by atoms with Gasteiger partial charge in [0.15, 0.2) is 0 Å². The van der Waals surface area contributed by atoms with Crippen molar-refractivity contribution in [2.24, 2.45) is 0 Å². The molecule has 0 spiro atoms. The fourth-order valence-electron chi connectivity index (χ4n) is 3.46. The van der Waals surface area contributed by atoms with Crippen molar-refractivity contribution < 1.29 is 4.74 Å². The summed E-state index contributed by atoms with van der Waals surface area (Å²) < 4.78 is 5.74. The van der Waals surface area contributed by atoms with Crippen LogP contribution in [0.1, 0.15) is 38.3 Å². The van der Waals surface area contributed by atoms with E-state index < -0.39 is 0 Å². The van der Waals surface area contributed by atoms with Gasteiger partial charge in [-0.15, -0.1) is 11.3 Å². The molecule has 2 aromatic carbocycles. The first-order valence-electron chi connectivity index (χ1n) is 10.2. The second-order valence-corrected chi connectivity index (χ2v) is 8.38. The van der Waals surface area contributed by atoms with Crippen molar-refractivity contribution in [2.45, 2.75) is 52.5 Å². The Morgan fingerprint density at radius 2 is 2.04 bits per heavy atom. The van der Waals surface area contributed by atoms with Gasteiger partial charge in [0.25, 0.3) is 0 Å². The van der Waals surface area contributed by atoms with Gasteiger partial charge in [0, 0.05) is 11.8 Å². The smallest absolute Gasteiger partial charge is 0.142 e. The average Bonchev–Trinajstić information content (AvgIpc) is 3.17. The normalized spacial score (nSPS) is 11.1. The summed E-state index contributed by atoms with van der Waals surface area (Å²) in [6.45, 7) is 6.24. The van der Waals surface area contributed by atoms with Gasteiger partial charge in [-0.2, -0.15) is 0 Å². The quantitative estimate of drug-likeness (QED) is 0.413. The molecule has 0 fully saturated rings. The Kier molecular flexibility index (Phi) is 6.79. The fourth-order valence-corrected chi connectivity index (χ4v) is 4.42. The summed E-state index contributed by atoms with van der Waals surface area (Å²) >= 11 is 1.72. The first-order valence-corrected chi connectivity index (χ1v) is 11.0. The van der Waals surface area contributed by atoms with Crippen LogP contribution in [0.25, 0.3) is 21.0 Å². The molecular weight excluding hydrogens is 363 g/mol. The van der Waals surface area contributed by atoms with Gasteiger partial charge >= 0.3 is 0 Å². The molecule has 2 N–H and O–H groups in total. The van der Waals surface area contributed by atoms with Crippen molar-refractivity contribution >= 4 is 24.9 Å². The van der Waals surface area contributed by atoms with Gasteiger partial charge < -0.3 is 10.5 Å². The Hall–Kier alpha value is -2.27. The number of anilines is 1. The van der Waals surface area contributed by atoms with Crippen molar-refractivity contribution in [3.8, 4) is 26.8 Å². The summed E-state index contributed by atoms with van der Waals surface area (Å²) in [5, 5.41) is 0.985. The molecule has 0 saturated heterocycles. The first kappa shape index (κ1) is 20.5. The summed E-state index contributed by atoms with van der Waals surface area (Å²) in [4.78, 5) is 5.90. The number of nitrogen functional groups attached to an aromatic ring is 1. The molecule has 3 nitrogen and oxygen atoms in total. The summed E-state index contributed by atoms with van der Waals surface area (Å²) in [5.74, 6) is 0.729. The Balaban J connectivity index is 1.91. The van der Waals surface area contributed by atoms with E-state index in [2.05, 4.69) is 38.0 Å². The lowest BCUT2D eigenvalue weighted by molar-refractivity contribution is 0.244. The van der Waals surface area contributed by atoms with Crippen LogP contribution in [0, 0.1) is 0 Å². The highest BCUT2D eigenvalue weighted by atomic mass is 32.1. The number of rotatable bonds is 8. The highest BCUT2D eigenvalue weighted by Crippen LogP contribution is 2.37. The molecule has 0 aliphatic rings. The maximum absolute atomic E-state index is 6.19. The molecule has 0 unspecified atom stereocenters.